The highest BCUT2D eigenvalue weighted by Gasteiger charge is 2.24. The first-order valence-corrected chi connectivity index (χ1v) is 9.22. The molecule has 0 aromatic heterocycles. The van der Waals surface area contributed by atoms with Crippen molar-refractivity contribution in [3.05, 3.63) is 65.7 Å². The molecule has 0 unspecified atom stereocenters. The summed E-state index contributed by atoms with van der Waals surface area (Å²) in [6.45, 7) is 6.00. The van der Waals surface area contributed by atoms with Gasteiger partial charge in [-0.15, -0.1) is 0 Å². The molecular formula is C22H28N2O2. The third kappa shape index (κ3) is 6.03. The Morgan fingerprint density at radius 3 is 2.15 bits per heavy atom. The fourth-order valence-electron chi connectivity index (χ4n) is 2.80. The minimum atomic E-state index is -0.568. The van der Waals surface area contributed by atoms with E-state index >= 15 is 0 Å². The van der Waals surface area contributed by atoms with E-state index in [9.17, 15) is 9.59 Å². The summed E-state index contributed by atoms with van der Waals surface area (Å²) in [5.41, 5.74) is 2.93. The van der Waals surface area contributed by atoms with Gasteiger partial charge < -0.3 is 10.6 Å². The largest absolute Gasteiger partial charge is 0.344 e. The number of carbonyl (C=O) groups is 2. The van der Waals surface area contributed by atoms with Crippen LogP contribution in [0.4, 0.5) is 5.69 Å². The topological polar surface area (TPSA) is 58.2 Å². The first kappa shape index (κ1) is 19.7. The van der Waals surface area contributed by atoms with Crippen LogP contribution in [0.5, 0.6) is 0 Å². The molecule has 0 heterocycles. The number of anilines is 1. The summed E-state index contributed by atoms with van der Waals surface area (Å²) in [4.78, 5) is 24.9. The molecule has 26 heavy (non-hydrogen) atoms. The maximum Gasteiger partial charge on any atom is 0.247 e. The van der Waals surface area contributed by atoms with Crippen molar-refractivity contribution in [1.29, 1.82) is 0 Å². The van der Waals surface area contributed by atoms with Gasteiger partial charge in [0.15, 0.2) is 0 Å². The standard InChI is InChI=1S/C22H28N2O2/c1-4-8-17-11-13-19(14-12-17)23-22(26)21(16(2)3)24-20(25)15-18-9-6-5-7-10-18/h5-7,9-14,16,21H,4,8,15H2,1-3H3,(H,23,26)(H,24,25)/t21-/m0/s1. The number of hydrogen-bond donors (Lipinski definition) is 2. The van der Waals surface area contributed by atoms with Gasteiger partial charge in [-0.05, 0) is 35.6 Å². The van der Waals surface area contributed by atoms with E-state index in [0.29, 0.717) is 0 Å². The van der Waals surface area contributed by atoms with Gasteiger partial charge >= 0.3 is 0 Å². The molecule has 0 saturated heterocycles. The third-order valence-corrected chi connectivity index (χ3v) is 4.23. The van der Waals surface area contributed by atoms with Gasteiger partial charge in [-0.25, -0.2) is 0 Å². The van der Waals surface area contributed by atoms with Crippen LogP contribution in [-0.2, 0) is 22.4 Å². The van der Waals surface area contributed by atoms with Crippen LogP contribution in [0.15, 0.2) is 54.6 Å². The van der Waals surface area contributed by atoms with Crippen LogP contribution in [0.25, 0.3) is 0 Å². The molecule has 138 valence electrons. The Hall–Kier alpha value is -2.62. The molecule has 0 bridgehead atoms. The highest BCUT2D eigenvalue weighted by atomic mass is 16.2. The Kier molecular flexibility index (Phi) is 7.39. The van der Waals surface area contributed by atoms with Crippen molar-refractivity contribution < 1.29 is 9.59 Å². The summed E-state index contributed by atoms with van der Waals surface area (Å²) in [5.74, 6) is -0.345. The maximum atomic E-state index is 12.6. The van der Waals surface area contributed by atoms with Crippen molar-refractivity contribution >= 4 is 17.5 Å². The molecule has 0 radical (unpaired) electrons. The van der Waals surface area contributed by atoms with E-state index in [1.807, 2.05) is 68.4 Å². The molecule has 2 rings (SSSR count). The zero-order valence-electron chi connectivity index (χ0n) is 15.8. The zero-order valence-corrected chi connectivity index (χ0v) is 15.8. The van der Waals surface area contributed by atoms with Crippen LogP contribution >= 0.6 is 0 Å². The SMILES string of the molecule is CCCc1ccc(NC(=O)[C@@H](NC(=O)Cc2ccccc2)C(C)C)cc1. The average molecular weight is 352 g/mol. The Bertz CT molecular complexity index is 709. The maximum absolute atomic E-state index is 12.6. The van der Waals surface area contributed by atoms with Gasteiger partial charge in [0.2, 0.25) is 11.8 Å². The van der Waals surface area contributed by atoms with E-state index in [0.717, 1.165) is 24.1 Å². The fourth-order valence-corrected chi connectivity index (χ4v) is 2.80. The molecule has 2 aromatic rings. The normalized spacial score (nSPS) is 11.8. The van der Waals surface area contributed by atoms with E-state index in [1.54, 1.807) is 0 Å². The molecule has 2 amide bonds. The molecule has 2 aromatic carbocycles. The number of amides is 2. The van der Waals surface area contributed by atoms with Gasteiger partial charge in [0, 0.05) is 5.69 Å². The second-order valence-corrected chi connectivity index (χ2v) is 6.89. The number of rotatable bonds is 8. The van der Waals surface area contributed by atoms with Crippen LogP contribution < -0.4 is 10.6 Å². The quantitative estimate of drug-likeness (QED) is 0.755. The molecule has 0 spiro atoms. The minimum Gasteiger partial charge on any atom is -0.344 e. The predicted molar refractivity (Wildman–Crippen MR) is 106 cm³/mol. The van der Waals surface area contributed by atoms with Crippen molar-refractivity contribution in [1.82, 2.24) is 5.32 Å². The van der Waals surface area contributed by atoms with Crippen LogP contribution in [0.3, 0.4) is 0 Å². The molecule has 4 nitrogen and oxygen atoms in total. The van der Waals surface area contributed by atoms with Crippen molar-refractivity contribution in [3.63, 3.8) is 0 Å². The minimum absolute atomic E-state index is 0.00547. The van der Waals surface area contributed by atoms with Gasteiger partial charge in [0.25, 0.3) is 0 Å². The van der Waals surface area contributed by atoms with Crippen molar-refractivity contribution in [2.24, 2.45) is 5.92 Å². The Morgan fingerprint density at radius 2 is 1.58 bits per heavy atom. The lowest BCUT2D eigenvalue weighted by molar-refractivity contribution is -0.127. The second kappa shape index (κ2) is 9.76. The number of benzene rings is 2. The molecular weight excluding hydrogens is 324 g/mol. The van der Waals surface area contributed by atoms with Gasteiger partial charge in [-0.3, -0.25) is 9.59 Å². The first-order valence-electron chi connectivity index (χ1n) is 9.22. The predicted octanol–water partition coefficient (Wildman–Crippen LogP) is 3.96. The van der Waals surface area contributed by atoms with E-state index in [4.69, 9.17) is 0 Å². The summed E-state index contributed by atoms with van der Waals surface area (Å²) >= 11 is 0. The Balaban J connectivity index is 1.97. The molecule has 1 atom stereocenters. The summed E-state index contributed by atoms with van der Waals surface area (Å²) in [6, 6.07) is 16.8. The van der Waals surface area contributed by atoms with Crippen LogP contribution in [0, 0.1) is 5.92 Å². The second-order valence-electron chi connectivity index (χ2n) is 6.89. The van der Waals surface area contributed by atoms with E-state index in [-0.39, 0.29) is 24.2 Å². The Labute approximate surface area is 156 Å². The molecule has 0 fully saturated rings. The molecule has 0 aliphatic rings. The van der Waals surface area contributed by atoms with E-state index < -0.39 is 6.04 Å². The molecule has 4 heteroatoms. The lowest BCUT2D eigenvalue weighted by Crippen LogP contribution is -2.47. The average Bonchev–Trinajstić information content (AvgIpc) is 2.62. The van der Waals surface area contributed by atoms with Crippen LogP contribution in [0.1, 0.15) is 38.3 Å². The monoisotopic (exact) mass is 352 g/mol. The van der Waals surface area contributed by atoms with Crippen LogP contribution in [-0.4, -0.2) is 17.9 Å². The summed E-state index contributed by atoms with van der Waals surface area (Å²) in [7, 11) is 0. The fraction of sp³-hybridized carbons (Fsp3) is 0.364. The molecule has 0 aliphatic carbocycles. The lowest BCUT2D eigenvalue weighted by atomic mass is 10.0. The van der Waals surface area contributed by atoms with E-state index in [2.05, 4.69) is 17.6 Å². The first-order chi connectivity index (χ1) is 12.5. The highest BCUT2D eigenvalue weighted by molar-refractivity contribution is 5.97. The van der Waals surface area contributed by atoms with Crippen molar-refractivity contribution in [2.45, 2.75) is 46.1 Å². The number of nitrogens with one attached hydrogen (secondary N) is 2. The Morgan fingerprint density at radius 1 is 0.923 bits per heavy atom. The molecule has 0 aliphatic heterocycles. The summed E-state index contributed by atoms with van der Waals surface area (Å²) < 4.78 is 0. The smallest absolute Gasteiger partial charge is 0.247 e. The highest BCUT2D eigenvalue weighted by Crippen LogP contribution is 2.13. The third-order valence-electron chi connectivity index (χ3n) is 4.23. The van der Waals surface area contributed by atoms with Crippen LogP contribution in [0.2, 0.25) is 0 Å². The lowest BCUT2D eigenvalue weighted by Gasteiger charge is -2.22. The number of aryl methyl sites for hydroxylation is 1. The summed E-state index contributed by atoms with van der Waals surface area (Å²) in [6.07, 6.45) is 2.38. The van der Waals surface area contributed by atoms with Gasteiger partial charge in [-0.1, -0.05) is 69.7 Å². The van der Waals surface area contributed by atoms with Gasteiger partial charge in [-0.2, -0.15) is 0 Å². The van der Waals surface area contributed by atoms with Crippen molar-refractivity contribution in [3.8, 4) is 0 Å². The number of hydrogen-bond acceptors (Lipinski definition) is 2. The van der Waals surface area contributed by atoms with Crippen molar-refractivity contribution in [2.75, 3.05) is 5.32 Å². The van der Waals surface area contributed by atoms with Gasteiger partial charge in [0.1, 0.15) is 6.04 Å². The van der Waals surface area contributed by atoms with Gasteiger partial charge in [0.05, 0.1) is 6.42 Å². The number of carbonyl (C=O) groups excluding carboxylic acids is 2. The molecule has 2 N–H and O–H groups in total. The summed E-state index contributed by atoms with van der Waals surface area (Å²) in [5, 5.41) is 5.77. The molecule has 0 saturated carbocycles. The van der Waals surface area contributed by atoms with E-state index in [1.165, 1.54) is 5.56 Å². The zero-order chi connectivity index (χ0) is 18.9.